The van der Waals surface area contributed by atoms with Crippen LogP contribution in [0.2, 0.25) is 0 Å². The van der Waals surface area contributed by atoms with Crippen LogP contribution >= 0.6 is 0 Å². The molecule has 4 heteroatoms. The normalized spacial score (nSPS) is 18.8. The molecule has 0 radical (unpaired) electrons. The summed E-state index contributed by atoms with van der Waals surface area (Å²) in [6, 6.07) is 19.4. The average molecular weight is 295 g/mol. The van der Waals surface area contributed by atoms with Crippen LogP contribution in [0.1, 0.15) is 18.0 Å². The Morgan fingerprint density at radius 1 is 1.05 bits per heavy atom. The molecule has 0 saturated carbocycles. The quantitative estimate of drug-likeness (QED) is 0.793. The van der Waals surface area contributed by atoms with Crippen molar-refractivity contribution in [3.8, 4) is 0 Å². The number of para-hydroxylation sites is 1. The van der Waals surface area contributed by atoms with E-state index in [0.29, 0.717) is 6.04 Å². The van der Waals surface area contributed by atoms with Crippen LogP contribution < -0.4 is 16.0 Å². The summed E-state index contributed by atoms with van der Waals surface area (Å²) in [6.45, 7) is 1.90. The molecule has 2 aromatic rings. The maximum absolute atomic E-state index is 12.7. The van der Waals surface area contributed by atoms with Gasteiger partial charge in [0.2, 0.25) is 5.91 Å². The van der Waals surface area contributed by atoms with Gasteiger partial charge in [-0.1, -0.05) is 48.5 Å². The molecule has 4 nitrogen and oxygen atoms in total. The lowest BCUT2D eigenvalue weighted by Crippen LogP contribution is -2.40. The summed E-state index contributed by atoms with van der Waals surface area (Å²) in [5.41, 5.74) is 1.81. The number of nitrogens with one attached hydrogen (secondary N) is 3. The molecular formula is C18H21N3O. The lowest BCUT2D eigenvalue weighted by molar-refractivity contribution is -0.118. The summed E-state index contributed by atoms with van der Waals surface area (Å²) < 4.78 is 0. The third-order valence-electron chi connectivity index (χ3n) is 3.90. The molecule has 114 valence electrons. The molecular weight excluding hydrogens is 274 g/mol. The van der Waals surface area contributed by atoms with Crippen LogP contribution in [0.25, 0.3) is 0 Å². The molecule has 0 aliphatic carbocycles. The molecule has 0 bridgehead atoms. The Bertz CT molecular complexity index is 594. The summed E-state index contributed by atoms with van der Waals surface area (Å²) in [7, 11) is 0. The SMILES string of the molecule is O=C(Nc1ccccc1)C(NC1CCNC1)c1ccccc1. The first-order valence-corrected chi connectivity index (χ1v) is 7.70. The molecule has 22 heavy (non-hydrogen) atoms. The van der Waals surface area contributed by atoms with Crippen LogP contribution in [0.3, 0.4) is 0 Å². The van der Waals surface area contributed by atoms with Crippen LogP contribution in [0.5, 0.6) is 0 Å². The second-order valence-corrected chi connectivity index (χ2v) is 5.56. The lowest BCUT2D eigenvalue weighted by Gasteiger charge is -2.22. The summed E-state index contributed by atoms with van der Waals surface area (Å²) in [4.78, 5) is 12.7. The van der Waals surface area contributed by atoms with Crippen molar-refractivity contribution >= 4 is 11.6 Å². The number of anilines is 1. The smallest absolute Gasteiger partial charge is 0.246 e. The highest BCUT2D eigenvalue weighted by molar-refractivity contribution is 5.95. The van der Waals surface area contributed by atoms with Gasteiger partial charge in [-0.2, -0.15) is 0 Å². The first kappa shape index (κ1) is 14.8. The minimum Gasteiger partial charge on any atom is -0.324 e. The van der Waals surface area contributed by atoms with Crippen LogP contribution in [-0.4, -0.2) is 25.0 Å². The number of carbonyl (C=O) groups excluding carboxylic acids is 1. The van der Waals surface area contributed by atoms with Gasteiger partial charge in [0.05, 0.1) is 0 Å². The van der Waals surface area contributed by atoms with Crippen molar-refractivity contribution in [1.82, 2.24) is 10.6 Å². The first-order chi connectivity index (χ1) is 10.8. The Morgan fingerprint density at radius 2 is 1.73 bits per heavy atom. The Labute approximate surface area is 130 Å². The van der Waals surface area contributed by atoms with Crippen LogP contribution in [0, 0.1) is 0 Å². The molecule has 0 spiro atoms. The zero-order valence-corrected chi connectivity index (χ0v) is 12.5. The fraction of sp³-hybridized carbons (Fsp3) is 0.278. The fourth-order valence-electron chi connectivity index (χ4n) is 2.74. The summed E-state index contributed by atoms with van der Waals surface area (Å²) in [5.74, 6) is -0.0238. The molecule has 3 N–H and O–H groups in total. The van der Waals surface area contributed by atoms with Gasteiger partial charge < -0.3 is 10.6 Å². The van der Waals surface area contributed by atoms with Crippen molar-refractivity contribution in [1.29, 1.82) is 0 Å². The topological polar surface area (TPSA) is 53.2 Å². The van der Waals surface area contributed by atoms with Crippen molar-refractivity contribution in [2.75, 3.05) is 18.4 Å². The highest BCUT2D eigenvalue weighted by atomic mass is 16.2. The molecule has 3 rings (SSSR count). The highest BCUT2D eigenvalue weighted by Crippen LogP contribution is 2.18. The van der Waals surface area contributed by atoms with E-state index in [0.717, 1.165) is 30.8 Å². The van der Waals surface area contributed by atoms with E-state index in [1.165, 1.54) is 0 Å². The van der Waals surface area contributed by atoms with Gasteiger partial charge >= 0.3 is 0 Å². The van der Waals surface area contributed by atoms with E-state index in [1.54, 1.807) is 0 Å². The zero-order valence-electron chi connectivity index (χ0n) is 12.5. The zero-order chi connectivity index (χ0) is 15.2. The van der Waals surface area contributed by atoms with Gasteiger partial charge in [0.1, 0.15) is 6.04 Å². The second kappa shape index (κ2) is 7.20. The molecule has 2 atom stereocenters. The maximum Gasteiger partial charge on any atom is 0.246 e. The second-order valence-electron chi connectivity index (χ2n) is 5.56. The van der Waals surface area contributed by atoms with Gasteiger partial charge in [-0.05, 0) is 30.7 Å². The maximum atomic E-state index is 12.7. The van der Waals surface area contributed by atoms with E-state index in [9.17, 15) is 4.79 Å². The molecule has 2 aromatic carbocycles. The number of amides is 1. The number of hydrogen-bond acceptors (Lipinski definition) is 3. The van der Waals surface area contributed by atoms with Gasteiger partial charge in [-0.25, -0.2) is 0 Å². The first-order valence-electron chi connectivity index (χ1n) is 7.70. The molecule has 0 aromatic heterocycles. The van der Waals surface area contributed by atoms with E-state index >= 15 is 0 Å². The number of rotatable bonds is 5. The van der Waals surface area contributed by atoms with Gasteiger partial charge in [0, 0.05) is 18.3 Å². The van der Waals surface area contributed by atoms with Crippen molar-refractivity contribution in [2.45, 2.75) is 18.5 Å². The van der Waals surface area contributed by atoms with Crippen molar-refractivity contribution in [3.63, 3.8) is 0 Å². The van der Waals surface area contributed by atoms with Crippen LogP contribution in [-0.2, 0) is 4.79 Å². The van der Waals surface area contributed by atoms with Gasteiger partial charge in [0.25, 0.3) is 0 Å². The highest BCUT2D eigenvalue weighted by Gasteiger charge is 2.25. The molecule has 1 fully saturated rings. The van der Waals surface area contributed by atoms with Crippen molar-refractivity contribution < 1.29 is 4.79 Å². The minimum absolute atomic E-state index is 0.0238. The molecule has 2 unspecified atom stereocenters. The molecule has 1 amide bonds. The number of carbonyl (C=O) groups is 1. The average Bonchev–Trinajstić information content (AvgIpc) is 3.07. The van der Waals surface area contributed by atoms with E-state index in [2.05, 4.69) is 16.0 Å². The molecule has 1 heterocycles. The molecule has 1 saturated heterocycles. The Hall–Kier alpha value is -2.17. The number of benzene rings is 2. The van der Waals surface area contributed by atoms with Crippen molar-refractivity contribution in [2.24, 2.45) is 0 Å². The predicted molar refractivity (Wildman–Crippen MR) is 88.7 cm³/mol. The van der Waals surface area contributed by atoms with Gasteiger partial charge in [-0.15, -0.1) is 0 Å². The van der Waals surface area contributed by atoms with E-state index in [-0.39, 0.29) is 11.9 Å². The summed E-state index contributed by atoms with van der Waals surface area (Å²) in [5, 5.41) is 9.79. The lowest BCUT2D eigenvalue weighted by atomic mass is 10.0. The van der Waals surface area contributed by atoms with Crippen molar-refractivity contribution in [3.05, 3.63) is 66.2 Å². The fourth-order valence-corrected chi connectivity index (χ4v) is 2.74. The van der Waals surface area contributed by atoms with E-state index in [1.807, 2.05) is 60.7 Å². The molecule has 1 aliphatic heterocycles. The van der Waals surface area contributed by atoms with E-state index in [4.69, 9.17) is 0 Å². The number of hydrogen-bond donors (Lipinski definition) is 3. The summed E-state index contributed by atoms with van der Waals surface area (Å²) in [6.07, 6.45) is 1.04. The van der Waals surface area contributed by atoms with Crippen LogP contribution in [0.4, 0.5) is 5.69 Å². The van der Waals surface area contributed by atoms with Gasteiger partial charge in [-0.3, -0.25) is 10.1 Å². The largest absolute Gasteiger partial charge is 0.324 e. The Balaban J connectivity index is 1.76. The third kappa shape index (κ3) is 3.72. The Kier molecular flexibility index (Phi) is 4.83. The Morgan fingerprint density at radius 3 is 2.36 bits per heavy atom. The monoisotopic (exact) mass is 295 g/mol. The predicted octanol–water partition coefficient (Wildman–Crippen LogP) is 2.32. The summed E-state index contributed by atoms with van der Waals surface area (Å²) >= 11 is 0. The van der Waals surface area contributed by atoms with Gasteiger partial charge in [0.15, 0.2) is 0 Å². The van der Waals surface area contributed by atoms with Crippen LogP contribution in [0.15, 0.2) is 60.7 Å². The minimum atomic E-state index is -0.341. The van der Waals surface area contributed by atoms with E-state index < -0.39 is 0 Å². The molecule has 1 aliphatic rings. The standard InChI is InChI=1S/C18H21N3O/c22-18(21-15-9-5-2-6-10-15)17(14-7-3-1-4-8-14)20-16-11-12-19-13-16/h1-10,16-17,19-20H,11-13H2,(H,21,22). The third-order valence-corrected chi connectivity index (χ3v) is 3.90.